The number of rotatable bonds is 7. The largest absolute Gasteiger partial charge is 0.340 e. The van der Waals surface area contributed by atoms with E-state index in [1.807, 2.05) is 38.4 Å². The third kappa shape index (κ3) is 6.13. The lowest BCUT2D eigenvalue weighted by Gasteiger charge is -2.23. The molecular formula is C15H25N3O3S. The first-order chi connectivity index (χ1) is 10.1. The van der Waals surface area contributed by atoms with Gasteiger partial charge in [-0.15, -0.1) is 0 Å². The Morgan fingerprint density at radius 2 is 1.64 bits per heavy atom. The number of carbonyl (C=O) groups is 1. The molecule has 1 aromatic carbocycles. The molecule has 0 spiro atoms. The highest BCUT2D eigenvalue weighted by Gasteiger charge is 2.21. The molecule has 0 aliphatic rings. The number of amides is 1. The van der Waals surface area contributed by atoms with E-state index in [4.69, 9.17) is 0 Å². The maximum Gasteiger partial charge on any atom is 0.240 e. The van der Waals surface area contributed by atoms with Crippen LogP contribution in [0.3, 0.4) is 0 Å². The minimum absolute atomic E-state index is 0.259. The lowest BCUT2D eigenvalue weighted by Crippen LogP contribution is -2.44. The van der Waals surface area contributed by atoms with Crippen molar-refractivity contribution in [2.24, 2.45) is 0 Å². The zero-order chi connectivity index (χ0) is 16.9. The minimum Gasteiger partial charge on any atom is -0.340 e. The molecule has 0 aliphatic carbocycles. The average molecular weight is 327 g/mol. The number of nitrogens with one attached hydrogen (secondary N) is 1. The first kappa shape index (κ1) is 18.6. The second-order valence-corrected chi connectivity index (χ2v) is 7.59. The second-order valence-electron chi connectivity index (χ2n) is 5.81. The van der Waals surface area contributed by atoms with Gasteiger partial charge in [-0.3, -0.25) is 4.79 Å². The van der Waals surface area contributed by atoms with E-state index in [0.717, 1.165) is 23.9 Å². The number of hydrogen-bond donors (Lipinski definition) is 1. The standard InChI is InChI=1S/C15H25N3O3S/c1-12(16-22(5,20)21)15(19)18(4)11-14-9-7-6-8-13(14)10-17(2)3/h6-9,12,16H,10-11H2,1-5H3. The Hall–Kier alpha value is -1.44. The molecule has 0 heterocycles. The summed E-state index contributed by atoms with van der Waals surface area (Å²) in [5.74, 6) is -0.259. The summed E-state index contributed by atoms with van der Waals surface area (Å²) in [5.41, 5.74) is 2.20. The van der Waals surface area contributed by atoms with Crippen molar-refractivity contribution >= 4 is 15.9 Å². The van der Waals surface area contributed by atoms with Gasteiger partial charge in [-0.2, -0.15) is 0 Å². The van der Waals surface area contributed by atoms with Crippen LogP contribution in [-0.2, 0) is 27.9 Å². The van der Waals surface area contributed by atoms with Crippen molar-refractivity contribution in [2.75, 3.05) is 27.4 Å². The van der Waals surface area contributed by atoms with Crippen LogP contribution >= 0.6 is 0 Å². The lowest BCUT2D eigenvalue weighted by atomic mass is 10.1. The maximum atomic E-state index is 12.2. The van der Waals surface area contributed by atoms with Gasteiger partial charge in [-0.05, 0) is 32.1 Å². The maximum absolute atomic E-state index is 12.2. The topological polar surface area (TPSA) is 69.7 Å². The molecule has 22 heavy (non-hydrogen) atoms. The Morgan fingerprint density at radius 3 is 2.09 bits per heavy atom. The summed E-state index contributed by atoms with van der Waals surface area (Å²) >= 11 is 0. The summed E-state index contributed by atoms with van der Waals surface area (Å²) in [4.78, 5) is 15.9. The van der Waals surface area contributed by atoms with E-state index in [1.165, 1.54) is 4.90 Å². The van der Waals surface area contributed by atoms with Crippen LogP contribution in [0.4, 0.5) is 0 Å². The van der Waals surface area contributed by atoms with E-state index in [0.29, 0.717) is 6.54 Å². The van der Waals surface area contributed by atoms with Crippen LogP contribution in [0.1, 0.15) is 18.1 Å². The van der Waals surface area contributed by atoms with Gasteiger partial charge in [-0.25, -0.2) is 13.1 Å². The molecule has 124 valence electrons. The van der Waals surface area contributed by atoms with Crippen molar-refractivity contribution in [3.63, 3.8) is 0 Å². The number of likely N-dealkylation sites (N-methyl/N-ethyl adjacent to an activating group) is 1. The van der Waals surface area contributed by atoms with Gasteiger partial charge in [0.05, 0.1) is 12.3 Å². The molecular weight excluding hydrogens is 302 g/mol. The Balaban J connectivity index is 2.80. The molecule has 0 fully saturated rings. The zero-order valence-electron chi connectivity index (χ0n) is 13.8. The molecule has 6 nitrogen and oxygen atoms in total. The van der Waals surface area contributed by atoms with Crippen molar-refractivity contribution in [3.05, 3.63) is 35.4 Å². The van der Waals surface area contributed by atoms with Crippen molar-refractivity contribution in [1.29, 1.82) is 0 Å². The number of nitrogens with zero attached hydrogens (tertiary/aromatic N) is 2. The van der Waals surface area contributed by atoms with Crippen LogP contribution in [0.25, 0.3) is 0 Å². The lowest BCUT2D eigenvalue weighted by molar-refractivity contribution is -0.131. The third-order valence-electron chi connectivity index (χ3n) is 3.15. The van der Waals surface area contributed by atoms with Gasteiger partial charge >= 0.3 is 0 Å². The summed E-state index contributed by atoms with van der Waals surface area (Å²) in [6.45, 7) is 2.78. The molecule has 0 aromatic heterocycles. The summed E-state index contributed by atoms with van der Waals surface area (Å²) < 4.78 is 24.7. The van der Waals surface area contributed by atoms with Crippen LogP contribution in [0, 0.1) is 0 Å². The van der Waals surface area contributed by atoms with E-state index in [-0.39, 0.29) is 5.91 Å². The molecule has 1 unspecified atom stereocenters. The second kappa shape index (κ2) is 7.71. The third-order valence-corrected chi connectivity index (χ3v) is 3.93. The number of carbonyl (C=O) groups excluding carboxylic acids is 1. The van der Waals surface area contributed by atoms with E-state index in [2.05, 4.69) is 9.62 Å². The van der Waals surface area contributed by atoms with Gasteiger partial charge in [-0.1, -0.05) is 24.3 Å². The Kier molecular flexibility index (Phi) is 6.52. The van der Waals surface area contributed by atoms with Gasteiger partial charge in [0, 0.05) is 20.1 Å². The minimum atomic E-state index is -3.40. The molecule has 0 radical (unpaired) electrons. The quantitative estimate of drug-likeness (QED) is 0.798. The molecule has 0 aliphatic heterocycles. The highest BCUT2D eigenvalue weighted by molar-refractivity contribution is 7.88. The van der Waals surface area contributed by atoms with Crippen molar-refractivity contribution in [1.82, 2.24) is 14.5 Å². The Labute approximate surface area is 133 Å². The number of hydrogen-bond acceptors (Lipinski definition) is 4. The van der Waals surface area contributed by atoms with Crippen LogP contribution in [0.5, 0.6) is 0 Å². The monoisotopic (exact) mass is 327 g/mol. The van der Waals surface area contributed by atoms with E-state index in [1.54, 1.807) is 14.0 Å². The summed E-state index contributed by atoms with van der Waals surface area (Å²) in [6.07, 6.45) is 1.04. The molecule has 1 rings (SSSR count). The molecule has 1 amide bonds. The fourth-order valence-electron chi connectivity index (χ4n) is 2.24. The van der Waals surface area contributed by atoms with Crippen LogP contribution in [-0.4, -0.2) is 57.6 Å². The Morgan fingerprint density at radius 1 is 1.14 bits per heavy atom. The smallest absolute Gasteiger partial charge is 0.240 e. The molecule has 1 aromatic rings. The fraction of sp³-hybridized carbons (Fsp3) is 0.533. The van der Waals surface area contributed by atoms with E-state index in [9.17, 15) is 13.2 Å². The highest BCUT2D eigenvalue weighted by atomic mass is 32.2. The zero-order valence-corrected chi connectivity index (χ0v) is 14.6. The Bertz CT molecular complexity index is 614. The first-order valence-corrected chi connectivity index (χ1v) is 8.93. The molecule has 1 N–H and O–H groups in total. The summed E-state index contributed by atoms with van der Waals surface area (Å²) in [6, 6.07) is 7.15. The SMILES string of the molecule is CC(NS(C)(=O)=O)C(=O)N(C)Cc1ccccc1CN(C)C. The molecule has 7 heteroatoms. The van der Waals surface area contributed by atoms with Crippen LogP contribution in [0.15, 0.2) is 24.3 Å². The van der Waals surface area contributed by atoms with Crippen molar-refractivity contribution < 1.29 is 13.2 Å². The van der Waals surface area contributed by atoms with Gasteiger partial charge in [0.2, 0.25) is 15.9 Å². The normalized spacial score (nSPS) is 13.2. The number of sulfonamides is 1. The van der Waals surface area contributed by atoms with Gasteiger partial charge in [0.1, 0.15) is 0 Å². The van der Waals surface area contributed by atoms with E-state index >= 15 is 0 Å². The molecule has 0 saturated carbocycles. The highest BCUT2D eigenvalue weighted by Crippen LogP contribution is 2.13. The van der Waals surface area contributed by atoms with Crippen LogP contribution < -0.4 is 4.72 Å². The molecule has 1 atom stereocenters. The number of benzene rings is 1. The van der Waals surface area contributed by atoms with Crippen molar-refractivity contribution in [2.45, 2.75) is 26.1 Å². The van der Waals surface area contributed by atoms with Gasteiger partial charge < -0.3 is 9.80 Å². The van der Waals surface area contributed by atoms with Crippen LogP contribution in [0.2, 0.25) is 0 Å². The predicted molar refractivity (Wildman–Crippen MR) is 87.7 cm³/mol. The molecule has 0 bridgehead atoms. The van der Waals surface area contributed by atoms with Gasteiger partial charge in [0.15, 0.2) is 0 Å². The van der Waals surface area contributed by atoms with Crippen molar-refractivity contribution in [3.8, 4) is 0 Å². The summed E-state index contributed by atoms with van der Waals surface area (Å²) in [7, 11) is 2.25. The summed E-state index contributed by atoms with van der Waals surface area (Å²) in [5, 5.41) is 0. The molecule has 0 saturated heterocycles. The average Bonchev–Trinajstić information content (AvgIpc) is 2.37. The predicted octanol–water partition coefficient (Wildman–Crippen LogP) is 0.644. The van der Waals surface area contributed by atoms with E-state index < -0.39 is 16.1 Å². The fourth-order valence-corrected chi connectivity index (χ4v) is 2.99. The van der Waals surface area contributed by atoms with Gasteiger partial charge in [0.25, 0.3) is 0 Å². The first-order valence-electron chi connectivity index (χ1n) is 7.04.